The lowest BCUT2D eigenvalue weighted by Crippen LogP contribution is -2.58. The molecule has 0 saturated heterocycles. The molecule has 1 aliphatic carbocycles. The van der Waals surface area contributed by atoms with Crippen molar-refractivity contribution in [2.75, 3.05) is 10.2 Å². The van der Waals surface area contributed by atoms with Crippen molar-refractivity contribution in [3.8, 4) is 10.6 Å². The molecule has 5 N–H and O–H groups in total. The number of guanidine groups is 2. The topological polar surface area (TPSA) is 135 Å². The summed E-state index contributed by atoms with van der Waals surface area (Å²) in [4.78, 5) is 23.5. The highest BCUT2D eigenvalue weighted by Gasteiger charge is 2.42. The van der Waals surface area contributed by atoms with Crippen LogP contribution in [0.1, 0.15) is 47.5 Å². The molecule has 0 atom stereocenters. The molecule has 1 spiro atoms. The van der Waals surface area contributed by atoms with E-state index in [0.29, 0.717) is 16.0 Å². The number of carbonyl (C=O) groups is 1. The molecule has 2 aliphatic rings. The van der Waals surface area contributed by atoms with Crippen molar-refractivity contribution in [1.29, 1.82) is 0 Å². The van der Waals surface area contributed by atoms with Crippen molar-refractivity contribution >= 4 is 40.5 Å². The second-order valence-electron chi connectivity index (χ2n) is 8.60. The van der Waals surface area contributed by atoms with Crippen LogP contribution in [0.15, 0.2) is 58.5 Å². The highest BCUT2D eigenvalue weighted by molar-refractivity contribution is 7.16. The van der Waals surface area contributed by atoms with E-state index < -0.39 is 5.66 Å². The quantitative estimate of drug-likeness (QED) is 0.525. The van der Waals surface area contributed by atoms with Crippen molar-refractivity contribution in [1.82, 2.24) is 10.2 Å². The summed E-state index contributed by atoms with van der Waals surface area (Å²) in [6, 6.07) is 15.4. The minimum absolute atomic E-state index is 0.234. The largest absolute Gasteiger partial charge is 0.369 e. The summed E-state index contributed by atoms with van der Waals surface area (Å²) in [5.41, 5.74) is 15.4. The van der Waals surface area contributed by atoms with Crippen LogP contribution in [0.3, 0.4) is 0 Å². The number of nitrogens with one attached hydrogen (secondary N) is 1. The van der Waals surface area contributed by atoms with Crippen molar-refractivity contribution in [2.24, 2.45) is 21.5 Å². The van der Waals surface area contributed by atoms with Crippen LogP contribution in [0.4, 0.5) is 11.4 Å². The van der Waals surface area contributed by atoms with Crippen LogP contribution in [0.5, 0.6) is 0 Å². The summed E-state index contributed by atoms with van der Waals surface area (Å²) in [5.74, 6) is 0.307. The fourth-order valence-electron chi connectivity index (χ4n) is 4.50. The molecule has 1 fully saturated rings. The zero-order valence-corrected chi connectivity index (χ0v) is 19.7. The smallest absolute Gasteiger partial charge is 0.286 e. The first kappa shape index (κ1) is 22.0. The van der Waals surface area contributed by atoms with E-state index in [0.717, 1.165) is 48.2 Å². The van der Waals surface area contributed by atoms with E-state index in [1.54, 1.807) is 0 Å². The molecule has 10 heteroatoms. The predicted molar refractivity (Wildman–Crippen MR) is 136 cm³/mol. The highest BCUT2D eigenvalue weighted by atomic mass is 32.1. The van der Waals surface area contributed by atoms with E-state index in [2.05, 4.69) is 20.5 Å². The number of hydrogen-bond acceptors (Lipinski definition) is 9. The summed E-state index contributed by atoms with van der Waals surface area (Å²) < 4.78 is 0. The van der Waals surface area contributed by atoms with Crippen LogP contribution >= 0.6 is 11.3 Å². The van der Waals surface area contributed by atoms with Gasteiger partial charge in [0.1, 0.15) is 10.7 Å². The van der Waals surface area contributed by atoms with E-state index in [-0.39, 0.29) is 11.9 Å². The first-order valence-electron chi connectivity index (χ1n) is 11.3. The molecule has 1 aromatic heterocycles. The molecule has 3 aromatic rings. The Morgan fingerprint density at radius 1 is 1.00 bits per heavy atom. The highest BCUT2D eigenvalue weighted by Crippen LogP contribution is 2.40. The van der Waals surface area contributed by atoms with Gasteiger partial charge in [-0.2, -0.15) is 4.99 Å². The molecule has 174 valence electrons. The molecular formula is C24H26N8OS. The number of amides is 1. The van der Waals surface area contributed by atoms with Gasteiger partial charge in [-0.05, 0) is 69.0 Å². The third-order valence-electron chi connectivity index (χ3n) is 6.15. The molecule has 0 bridgehead atoms. The number of aliphatic imine (C=N–C) groups is 2. The third-order valence-corrected chi connectivity index (χ3v) is 7.12. The molecule has 5 rings (SSSR count). The second kappa shape index (κ2) is 8.86. The lowest BCUT2D eigenvalue weighted by atomic mass is 9.87. The van der Waals surface area contributed by atoms with Gasteiger partial charge in [-0.1, -0.05) is 35.5 Å². The fourth-order valence-corrected chi connectivity index (χ4v) is 5.25. The van der Waals surface area contributed by atoms with Gasteiger partial charge in [-0.15, -0.1) is 10.2 Å². The Morgan fingerprint density at radius 2 is 1.71 bits per heavy atom. The molecule has 0 unspecified atom stereocenters. The molecule has 0 radical (unpaired) electrons. The van der Waals surface area contributed by atoms with Gasteiger partial charge in [0, 0.05) is 16.9 Å². The Balaban J connectivity index is 1.35. The Labute approximate surface area is 201 Å². The Kier molecular flexibility index (Phi) is 5.74. The van der Waals surface area contributed by atoms with Crippen LogP contribution in [0.25, 0.3) is 10.6 Å². The lowest BCUT2D eigenvalue weighted by molar-refractivity contribution is 0.102. The number of aryl methyl sites for hydroxylation is 1. The van der Waals surface area contributed by atoms with Crippen molar-refractivity contribution in [2.45, 2.75) is 44.7 Å². The van der Waals surface area contributed by atoms with Crippen LogP contribution in [0.2, 0.25) is 0 Å². The van der Waals surface area contributed by atoms with Gasteiger partial charge >= 0.3 is 0 Å². The Hall–Kier alpha value is -3.79. The van der Waals surface area contributed by atoms with Gasteiger partial charge in [-0.3, -0.25) is 9.69 Å². The first-order chi connectivity index (χ1) is 16.4. The summed E-state index contributed by atoms with van der Waals surface area (Å²) in [6.07, 6.45) is 5.06. The van der Waals surface area contributed by atoms with Crippen molar-refractivity contribution in [3.63, 3.8) is 0 Å². The lowest BCUT2D eigenvalue weighted by Gasteiger charge is -2.45. The Morgan fingerprint density at radius 3 is 2.41 bits per heavy atom. The normalized spacial score (nSPS) is 17.3. The molecular weight excluding hydrogens is 448 g/mol. The maximum Gasteiger partial charge on any atom is 0.286 e. The molecule has 34 heavy (non-hydrogen) atoms. The number of hydrogen-bond donors (Lipinski definition) is 3. The second-order valence-corrected chi connectivity index (χ2v) is 9.58. The van der Waals surface area contributed by atoms with Gasteiger partial charge < -0.3 is 16.8 Å². The predicted octanol–water partition coefficient (Wildman–Crippen LogP) is 3.88. The fraction of sp³-hybridized carbons (Fsp3) is 0.292. The zero-order valence-electron chi connectivity index (χ0n) is 18.9. The molecule has 2 aromatic carbocycles. The third kappa shape index (κ3) is 4.24. The number of anilines is 2. The van der Waals surface area contributed by atoms with E-state index in [4.69, 9.17) is 16.5 Å². The number of benzene rings is 2. The molecule has 1 amide bonds. The minimum atomic E-state index is -0.486. The zero-order chi connectivity index (χ0) is 23.7. The maximum atomic E-state index is 12.6. The van der Waals surface area contributed by atoms with Gasteiger partial charge in [0.15, 0.2) is 0 Å². The van der Waals surface area contributed by atoms with E-state index in [1.165, 1.54) is 17.8 Å². The monoisotopic (exact) mass is 474 g/mol. The molecule has 2 heterocycles. The van der Waals surface area contributed by atoms with Gasteiger partial charge in [-0.25, -0.2) is 4.99 Å². The number of nitrogens with two attached hydrogens (primary N) is 2. The maximum absolute atomic E-state index is 12.6. The standard InChI is InChI=1S/C24H26N8OS/c1-15-5-9-17(10-6-15)27-19(33)21-31-30-20(34-21)16-7-11-18(12-8-16)32-23(26)28-22(25)29-24(32)13-3-2-4-14-24/h5-12H,2-4,13-14H2,1H3,(H,27,33)(H4,25,26,28,29). The van der Waals surface area contributed by atoms with Crippen LogP contribution < -0.4 is 21.7 Å². The molecule has 9 nitrogen and oxygen atoms in total. The van der Waals surface area contributed by atoms with Crippen LogP contribution in [-0.4, -0.2) is 33.7 Å². The van der Waals surface area contributed by atoms with Gasteiger partial charge in [0.25, 0.3) is 5.91 Å². The summed E-state index contributed by atoms with van der Waals surface area (Å²) in [6.45, 7) is 2.00. The van der Waals surface area contributed by atoms with Gasteiger partial charge in [0.05, 0.1) is 0 Å². The number of aromatic nitrogens is 2. The SMILES string of the molecule is Cc1ccc(NC(=O)c2nnc(-c3ccc(N4C(N)=NC(N)=NC45CCCCC5)cc3)s2)cc1. The average molecular weight is 475 g/mol. The number of rotatable bonds is 4. The molecule has 1 saturated carbocycles. The summed E-state index contributed by atoms with van der Waals surface area (Å²) in [5, 5.41) is 12.1. The number of nitrogens with zero attached hydrogens (tertiary/aromatic N) is 5. The van der Waals surface area contributed by atoms with Gasteiger partial charge in [0.2, 0.25) is 16.9 Å². The Bertz CT molecular complexity index is 1260. The van der Waals surface area contributed by atoms with E-state index in [1.807, 2.05) is 60.4 Å². The van der Waals surface area contributed by atoms with E-state index in [9.17, 15) is 4.79 Å². The van der Waals surface area contributed by atoms with E-state index >= 15 is 0 Å². The van der Waals surface area contributed by atoms with Crippen molar-refractivity contribution < 1.29 is 4.79 Å². The first-order valence-corrected chi connectivity index (χ1v) is 12.1. The van der Waals surface area contributed by atoms with Crippen LogP contribution in [0, 0.1) is 6.92 Å². The summed E-state index contributed by atoms with van der Waals surface area (Å²) >= 11 is 1.25. The number of carbonyl (C=O) groups excluding carboxylic acids is 1. The van der Waals surface area contributed by atoms with Crippen LogP contribution in [-0.2, 0) is 0 Å². The van der Waals surface area contributed by atoms with Crippen molar-refractivity contribution in [3.05, 3.63) is 59.1 Å². The molecule has 1 aliphatic heterocycles. The minimum Gasteiger partial charge on any atom is -0.369 e. The summed E-state index contributed by atoms with van der Waals surface area (Å²) in [7, 11) is 0. The average Bonchev–Trinajstić information content (AvgIpc) is 3.32.